The van der Waals surface area contributed by atoms with Crippen LogP contribution in [0.3, 0.4) is 0 Å². The molecule has 1 amide bonds. The minimum absolute atomic E-state index is 0.0541. The van der Waals surface area contributed by atoms with Gasteiger partial charge in [-0.2, -0.15) is 0 Å². The molecule has 2 fully saturated rings. The van der Waals surface area contributed by atoms with Gasteiger partial charge in [-0.15, -0.1) is 0 Å². The highest BCUT2D eigenvalue weighted by Gasteiger charge is 2.25. The molecule has 0 unspecified atom stereocenters. The fourth-order valence-corrected chi connectivity index (χ4v) is 3.85. The van der Waals surface area contributed by atoms with E-state index < -0.39 is 0 Å². The quantitative estimate of drug-likeness (QED) is 0.640. The maximum atomic E-state index is 13.0. The first-order valence-electron chi connectivity index (χ1n) is 10.9. The Bertz CT molecular complexity index is 1020. The summed E-state index contributed by atoms with van der Waals surface area (Å²) in [5.41, 5.74) is 3.67. The van der Waals surface area contributed by atoms with E-state index in [-0.39, 0.29) is 5.91 Å². The van der Waals surface area contributed by atoms with Crippen LogP contribution < -0.4 is 10.2 Å². The van der Waals surface area contributed by atoms with Gasteiger partial charge < -0.3 is 19.5 Å². The second-order valence-corrected chi connectivity index (χ2v) is 8.25. The SMILES string of the molecule is O=C(NCc1ccccc1)c1cc(-c2cnc(N3CCOCC3)nc2)cn1CC1CC1. The molecule has 7 nitrogen and oxygen atoms in total. The number of ether oxygens (including phenoxy) is 1. The van der Waals surface area contributed by atoms with E-state index in [0.29, 0.717) is 31.4 Å². The summed E-state index contributed by atoms with van der Waals surface area (Å²) in [6.07, 6.45) is 8.22. The van der Waals surface area contributed by atoms with Crippen LogP contribution >= 0.6 is 0 Å². The number of morpholine rings is 1. The average molecular weight is 418 g/mol. The molecule has 0 atom stereocenters. The van der Waals surface area contributed by atoms with Crippen molar-refractivity contribution in [3.05, 3.63) is 66.2 Å². The lowest BCUT2D eigenvalue weighted by Gasteiger charge is -2.26. The Labute approximate surface area is 182 Å². The molecule has 1 saturated carbocycles. The summed E-state index contributed by atoms with van der Waals surface area (Å²) >= 11 is 0. The van der Waals surface area contributed by atoms with Gasteiger partial charge in [0.2, 0.25) is 5.95 Å². The molecule has 1 saturated heterocycles. The van der Waals surface area contributed by atoms with E-state index in [9.17, 15) is 4.79 Å². The summed E-state index contributed by atoms with van der Waals surface area (Å²) in [5, 5.41) is 3.06. The molecule has 3 heterocycles. The zero-order valence-corrected chi connectivity index (χ0v) is 17.5. The van der Waals surface area contributed by atoms with Crippen molar-refractivity contribution < 1.29 is 9.53 Å². The smallest absolute Gasteiger partial charge is 0.268 e. The Morgan fingerprint density at radius 1 is 1.06 bits per heavy atom. The highest BCUT2D eigenvalue weighted by Crippen LogP contribution is 2.32. The topological polar surface area (TPSA) is 72.3 Å². The number of aromatic nitrogens is 3. The number of rotatable bonds is 7. The lowest BCUT2D eigenvalue weighted by Crippen LogP contribution is -2.37. The number of benzene rings is 1. The van der Waals surface area contributed by atoms with Crippen molar-refractivity contribution in [3.8, 4) is 11.1 Å². The number of carbonyl (C=O) groups excluding carboxylic acids is 1. The molecule has 1 aliphatic carbocycles. The maximum Gasteiger partial charge on any atom is 0.268 e. The van der Waals surface area contributed by atoms with Gasteiger partial charge in [0.15, 0.2) is 0 Å². The lowest BCUT2D eigenvalue weighted by molar-refractivity contribution is 0.0941. The molecule has 1 aromatic carbocycles. The average Bonchev–Trinajstić information content (AvgIpc) is 3.55. The largest absolute Gasteiger partial charge is 0.378 e. The van der Waals surface area contributed by atoms with Gasteiger partial charge in [-0.3, -0.25) is 4.79 Å². The monoisotopic (exact) mass is 417 g/mol. The second kappa shape index (κ2) is 8.89. The Morgan fingerprint density at radius 3 is 2.52 bits per heavy atom. The third-order valence-corrected chi connectivity index (χ3v) is 5.84. The number of anilines is 1. The van der Waals surface area contributed by atoms with E-state index in [1.807, 2.05) is 48.8 Å². The first-order valence-corrected chi connectivity index (χ1v) is 10.9. The molecule has 160 valence electrons. The molecule has 0 radical (unpaired) electrons. The van der Waals surface area contributed by atoms with Crippen molar-refractivity contribution in [3.63, 3.8) is 0 Å². The van der Waals surface area contributed by atoms with E-state index in [4.69, 9.17) is 4.74 Å². The Balaban J connectivity index is 1.34. The van der Waals surface area contributed by atoms with Crippen molar-refractivity contribution in [2.75, 3.05) is 31.2 Å². The van der Waals surface area contributed by atoms with Gasteiger partial charge >= 0.3 is 0 Å². The minimum Gasteiger partial charge on any atom is -0.378 e. The number of carbonyl (C=O) groups is 1. The number of hydrogen-bond donors (Lipinski definition) is 1. The molecule has 1 N–H and O–H groups in total. The summed E-state index contributed by atoms with van der Waals surface area (Å²) in [4.78, 5) is 24.2. The lowest BCUT2D eigenvalue weighted by atomic mass is 10.2. The number of hydrogen-bond acceptors (Lipinski definition) is 5. The molecule has 2 aromatic heterocycles. The van der Waals surface area contributed by atoms with Crippen LogP contribution in [0.25, 0.3) is 11.1 Å². The molecule has 7 heteroatoms. The van der Waals surface area contributed by atoms with Crippen LogP contribution in [0.5, 0.6) is 0 Å². The zero-order chi connectivity index (χ0) is 21.0. The van der Waals surface area contributed by atoms with Crippen molar-refractivity contribution >= 4 is 11.9 Å². The van der Waals surface area contributed by atoms with Gasteiger partial charge in [0.1, 0.15) is 5.69 Å². The van der Waals surface area contributed by atoms with E-state index in [1.54, 1.807) is 0 Å². The highest BCUT2D eigenvalue weighted by atomic mass is 16.5. The Kier molecular flexibility index (Phi) is 5.67. The molecule has 1 aliphatic heterocycles. The molecule has 5 rings (SSSR count). The van der Waals surface area contributed by atoms with Crippen molar-refractivity contribution in [2.45, 2.75) is 25.9 Å². The summed E-state index contributed by atoms with van der Waals surface area (Å²) in [6.45, 7) is 4.42. The van der Waals surface area contributed by atoms with Crippen LogP contribution in [-0.4, -0.2) is 46.7 Å². The molecular formula is C24H27N5O2. The van der Waals surface area contributed by atoms with Crippen LogP contribution in [-0.2, 0) is 17.8 Å². The normalized spacial score (nSPS) is 16.3. The highest BCUT2D eigenvalue weighted by molar-refractivity contribution is 5.94. The predicted molar refractivity (Wildman–Crippen MR) is 119 cm³/mol. The van der Waals surface area contributed by atoms with E-state index in [1.165, 1.54) is 12.8 Å². The van der Waals surface area contributed by atoms with Crippen LogP contribution in [0.1, 0.15) is 28.9 Å². The first kappa shape index (κ1) is 19.8. The minimum atomic E-state index is -0.0541. The molecule has 2 aliphatic rings. The van der Waals surface area contributed by atoms with Crippen molar-refractivity contribution in [2.24, 2.45) is 5.92 Å². The van der Waals surface area contributed by atoms with Gasteiger partial charge in [-0.1, -0.05) is 30.3 Å². The van der Waals surface area contributed by atoms with E-state index in [2.05, 4.69) is 30.9 Å². The number of nitrogens with one attached hydrogen (secondary N) is 1. The van der Waals surface area contributed by atoms with Gasteiger partial charge in [-0.05, 0) is 30.4 Å². The third-order valence-electron chi connectivity index (χ3n) is 5.84. The predicted octanol–water partition coefficient (Wildman–Crippen LogP) is 3.12. The summed E-state index contributed by atoms with van der Waals surface area (Å²) < 4.78 is 7.49. The zero-order valence-electron chi connectivity index (χ0n) is 17.5. The van der Waals surface area contributed by atoms with Crippen LogP contribution in [0.4, 0.5) is 5.95 Å². The fourth-order valence-electron chi connectivity index (χ4n) is 3.85. The summed E-state index contributed by atoms with van der Waals surface area (Å²) in [7, 11) is 0. The van der Waals surface area contributed by atoms with Gasteiger partial charge in [0.05, 0.1) is 13.2 Å². The summed E-state index contributed by atoms with van der Waals surface area (Å²) in [5.74, 6) is 1.34. The standard InChI is InChI=1S/C24H27N5O2/c30-23(25-13-18-4-2-1-3-5-18)22-12-20(17-29(22)16-19-6-7-19)21-14-26-24(27-15-21)28-8-10-31-11-9-28/h1-5,12,14-15,17,19H,6-11,13,16H2,(H,25,30). The van der Waals surface area contributed by atoms with Crippen molar-refractivity contribution in [1.82, 2.24) is 19.9 Å². The molecule has 0 spiro atoms. The van der Waals surface area contributed by atoms with Gasteiger partial charge in [-0.25, -0.2) is 9.97 Å². The third kappa shape index (κ3) is 4.77. The molecule has 31 heavy (non-hydrogen) atoms. The van der Waals surface area contributed by atoms with Crippen LogP contribution in [0.15, 0.2) is 55.0 Å². The van der Waals surface area contributed by atoms with Crippen LogP contribution in [0.2, 0.25) is 0 Å². The maximum absolute atomic E-state index is 13.0. The first-order chi connectivity index (χ1) is 15.3. The Morgan fingerprint density at radius 2 is 1.81 bits per heavy atom. The number of nitrogens with zero attached hydrogens (tertiary/aromatic N) is 4. The summed E-state index contributed by atoms with van der Waals surface area (Å²) in [6, 6.07) is 11.9. The number of amides is 1. The van der Waals surface area contributed by atoms with Gasteiger partial charge in [0.25, 0.3) is 5.91 Å². The fraction of sp³-hybridized carbons (Fsp3) is 0.375. The van der Waals surface area contributed by atoms with E-state index >= 15 is 0 Å². The van der Waals surface area contributed by atoms with Crippen molar-refractivity contribution in [1.29, 1.82) is 0 Å². The van der Waals surface area contributed by atoms with Gasteiger partial charge in [0, 0.05) is 55.9 Å². The van der Waals surface area contributed by atoms with Crippen LogP contribution in [0, 0.1) is 5.92 Å². The second-order valence-electron chi connectivity index (χ2n) is 8.25. The van der Waals surface area contributed by atoms with E-state index in [0.717, 1.165) is 42.3 Å². The molecule has 0 bridgehead atoms. The Hall–Kier alpha value is -3.19. The molecule has 3 aromatic rings. The molecular weight excluding hydrogens is 390 g/mol.